The van der Waals surface area contributed by atoms with E-state index in [1.54, 1.807) is 0 Å². The first-order valence-corrected chi connectivity index (χ1v) is 18.0. The zero-order chi connectivity index (χ0) is 31.1. The van der Waals surface area contributed by atoms with Crippen LogP contribution in [0, 0.1) is 10.1 Å². The lowest BCUT2D eigenvalue weighted by molar-refractivity contribution is -0.786. The van der Waals surface area contributed by atoms with Crippen LogP contribution in [0.3, 0.4) is 0 Å². The zero-order valence-corrected chi connectivity index (χ0v) is 27.7. The maximum atomic E-state index is 14.3. The maximum Gasteiger partial charge on any atom is 0.352 e. The minimum atomic E-state index is -1.26. The Morgan fingerprint density at radius 2 is 1.56 bits per heavy atom. The van der Waals surface area contributed by atoms with Gasteiger partial charge >= 0.3 is 5.91 Å². The van der Waals surface area contributed by atoms with E-state index < -0.39 is 13.0 Å². The lowest BCUT2D eigenvalue weighted by Gasteiger charge is -2.37. The zero-order valence-electron chi connectivity index (χ0n) is 26.7. The number of nitro benzene ring substituents is 1. The summed E-state index contributed by atoms with van der Waals surface area (Å²) in [6.45, 7) is 22.4. The molecule has 3 rings (SSSR count). The van der Waals surface area contributed by atoms with Gasteiger partial charge in [-0.1, -0.05) is 61.2 Å². The highest BCUT2D eigenvalue weighted by Gasteiger charge is 2.50. The summed E-state index contributed by atoms with van der Waals surface area (Å²) in [5.41, 5.74) is 2.92. The summed E-state index contributed by atoms with van der Waals surface area (Å²) in [6.07, 6.45) is 1.71. The van der Waals surface area contributed by atoms with Crippen molar-refractivity contribution in [3.63, 3.8) is 0 Å². The summed E-state index contributed by atoms with van der Waals surface area (Å²) in [5.74, 6) is 0.105. The molecule has 2 aromatic rings. The molecule has 0 bridgehead atoms. The maximum absolute atomic E-state index is 14.3. The van der Waals surface area contributed by atoms with E-state index in [-0.39, 0.29) is 38.8 Å². The topological polar surface area (TPSA) is 92.9 Å². The van der Waals surface area contributed by atoms with Crippen LogP contribution in [0.1, 0.15) is 75.5 Å². The number of nitro groups is 1. The molecule has 0 saturated heterocycles. The van der Waals surface area contributed by atoms with Crippen molar-refractivity contribution in [2.75, 3.05) is 20.4 Å². The van der Waals surface area contributed by atoms with Crippen molar-refractivity contribution >= 4 is 25.4 Å². The van der Waals surface area contributed by atoms with Gasteiger partial charge in [0.05, 0.1) is 23.7 Å². The number of quaternary nitrogens is 1. The van der Waals surface area contributed by atoms with Crippen LogP contribution in [0.15, 0.2) is 42.6 Å². The van der Waals surface area contributed by atoms with Crippen molar-refractivity contribution in [2.24, 2.45) is 0 Å². The van der Waals surface area contributed by atoms with Crippen LogP contribution in [0.2, 0.25) is 25.7 Å². The van der Waals surface area contributed by atoms with Gasteiger partial charge in [0.1, 0.15) is 12.5 Å². The molecule has 0 saturated carbocycles. The van der Waals surface area contributed by atoms with Crippen LogP contribution in [0.4, 0.5) is 5.69 Å². The predicted molar refractivity (Wildman–Crippen MR) is 167 cm³/mol. The molecule has 2 aromatic carbocycles. The first-order chi connectivity index (χ1) is 18.7. The third-order valence-electron chi connectivity index (χ3n) is 8.02. The SMILES string of the molecule is CC1N(COCC[Si](C)(C)C)C=C(c2cc(C(C)(C)C)c(O)c(C(C)(C)C)c2)[N+]1(C)C(=O)c1ccc([N+](=O)[O-])cc1. The van der Waals surface area contributed by atoms with Gasteiger partial charge in [0.25, 0.3) is 5.69 Å². The lowest BCUT2D eigenvalue weighted by atomic mass is 9.78. The first-order valence-electron chi connectivity index (χ1n) is 14.3. The number of rotatable bonds is 8. The molecule has 2 unspecified atom stereocenters. The van der Waals surface area contributed by atoms with Gasteiger partial charge in [0.2, 0.25) is 0 Å². The number of carbonyl (C=O) groups excluding carboxylic acids is 1. The number of phenols is 1. The molecule has 8 nitrogen and oxygen atoms in total. The third-order valence-corrected chi connectivity index (χ3v) is 9.73. The van der Waals surface area contributed by atoms with Crippen LogP contribution >= 0.6 is 0 Å². The quantitative estimate of drug-likeness (QED) is 0.114. The van der Waals surface area contributed by atoms with Crippen LogP contribution in [0.5, 0.6) is 5.75 Å². The molecule has 41 heavy (non-hydrogen) atoms. The highest BCUT2D eigenvalue weighted by molar-refractivity contribution is 6.76. The summed E-state index contributed by atoms with van der Waals surface area (Å²) in [6, 6.07) is 10.8. The molecular weight excluding hydrogens is 534 g/mol. The number of phenolic OH excluding ortho intramolecular Hbond substituents is 1. The summed E-state index contributed by atoms with van der Waals surface area (Å²) >= 11 is 0. The Labute approximate surface area is 246 Å². The van der Waals surface area contributed by atoms with Gasteiger partial charge in [-0.3, -0.25) is 15.0 Å². The number of carbonyl (C=O) groups is 1. The number of amides is 1. The van der Waals surface area contributed by atoms with Crippen molar-refractivity contribution in [1.29, 1.82) is 0 Å². The highest BCUT2D eigenvalue weighted by Crippen LogP contribution is 2.45. The van der Waals surface area contributed by atoms with Crippen LogP contribution in [0.25, 0.3) is 5.70 Å². The molecule has 2 atom stereocenters. The molecule has 224 valence electrons. The Morgan fingerprint density at radius 3 is 2.00 bits per heavy atom. The molecule has 0 fully saturated rings. The third kappa shape index (κ3) is 6.90. The molecule has 1 N–H and O–H groups in total. The first kappa shape index (κ1) is 32.5. The highest BCUT2D eigenvalue weighted by atomic mass is 28.3. The molecule has 0 radical (unpaired) electrons. The van der Waals surface area contributed by atoms with E-state index in [2.05, 4.69) is 66.1 Å². The Kier molecular flexibility index (Phi) is 8.99. The minimum absolute atomic E-state index is 0.0602. The van der Waals surface area contributed by atoms with Gasteiger partial charge in [0, 0.05) is 50.4 Å². The minimum Gasteiger partial charge on any atom is -0.507 e. The number of ether oxygens (including phenoxy) is 1. The molecular formula is C32H48N3O5Si+. The van der Waals surface area contributed by atoms with Crippen molar-refractivity contribution in [3.8, 4) is 5.75 Å². The fourth-order valence-electron chi connectivity index (χ4n) is 5.12. The number of aromatic hydroxyl groups is 1. The lowest BCUT2D eigenvalue weighted by Crippen LogP contribution is -2.55. The van der Waals surface area contributed by atoms with Gasteiger partial charge in [-0.2, -0.15) is 0 Å². The molecule has 1 aliphatic heterocycles. The van der Waals surface area contributed by atoms with E-state index >= 15 is 0 Å². The molecule has 0 spiro atoms. The number of nitrogens with zero attached hydrogens (tertiary/aromatic N) is 3. The second-order valence-electron chi connectivity index (χ2n) is 14.6. The standard InChI is InChI=1S/C32H47N3O5Si/c1-22-33(21-40-16-17-41(9,10)11)20-28(35(22,8)30(37)23-12-14-25(15-13-23)34(38)39)24-18-26(31(2,3)4)29(36)27(19-24)32(5,6)7/h12-15,18-20,22H,16-17,21H2,1-11H3/p+1. The summed E-state index contributed by atoms with van der Waals surface area (Å²) in [4.78, 5) is 27.2. The molecule has 9 heteroatoms. The Hall–Kier alpha value is -3.01. The molecule has 0 aliphatic carbocycles. The van der Waals surface area contributed by atoms with E-state index in [9.17, 15) is 20.0 Å². The van der Waals surface area contributed by atoms with E-state index in [1.807, 2.05) is 32.3 Å². The fraction of sp³-hybridized carbons (Fsp3) is 0.531. The van der Waals surface area contributed by atoms with Crippen molar-refractivity contribution in [1.82, 2.24) is 4.90 Å². The van der Waals surface area contributed by atoms with E-state index in [1.165, 1.54) is 24.3 Å². The number of hydrogen-bond acceptors (Lipinski definition) is 6. The van der Waals surface area contributed by atoms with Gasteiger partial charge < -0.3 is 9.84 Å². The number of hydrogen-bond donors (Lipinski definition) is 1. The summed E-state index contributed by atoms with van der Waals surface area (Å²) in [5, 5.41) is 22.6. The van der Waals surface area contributed by atoms with E-state index in [0.29, 0.717) is 18.9 Å². The smallest absolute Gasteiger partial charge is 0.352 e. The predicted octanol–water partition coefficient (Wildman–Crippen LogP) is 7.45. The van der Waals surface area contributed by atoms with Crippen LogP contribution < -0.4 is 0 Å². The fourth-order valence-corrected chi connectivity index (χ4v) is 5.87. The average molecular weight is 583 g/mol. The van der Waals surface area contributed by atoms with Gasteiger partial charge in [-0.05, 0) is 41.1 Å². The van der Waals surface area contributed by atoms with Gasteiger partial charge in [-0.15, -0.1) is 0 Å². The normalized spacial score (nSPS) is 19.8. The van der Waals surface area contributed by atoms with Crippen molar-refractivity contribution < 1.29 is 24.0 Å². The monoisotopic (exact) mass is 582 g/mol. The Balaban J connectivity index is 2.18. The largest absolute Gasteiger partial charge is 0.507 e. The molecule has 1 aliphatic rings. The Bertz CT molecular complexity index is 1300. The van der Waals surface area contributed by atoms with Crippen LogP contribution in [-0.2, 0) is 15.6 Å². The second-order valence-corrected chi connectivity index (χ2v) is 20.2. The average Bonchev–Trinajstić information content (AvgIpc) is 3.10. The summed E-state index contributed by atoms with van der Waals surface area (Å²) < 4.78 is 6.05. The van der Waals surface area contributed by atoms with Gasteiger partial charge in [0.15, 0.2) is 11.9 Å². The number of non-ortho nitro benzene ring substituents is 1. The number of benzene rings is 2. The van der Waals surface area contributed by atoms with E-state index in [4.69, 9.17) is 4.74 Å². The van der Waals surface area contributed by atoms with Gasteiger partial charge in [-0.25, -0.2) is 9.28 Å². The van der Waals surface area contributed by atoms with Crippen molar-refractivity contribution in [3.05, 3.63) is 75.0 Å². The molecule has 0 aromatic heterocycles. The van der Waals surface area contributed by atoms with E-state index in [0.717, 1.165) is 28.4 Å². The second kappa shape index (κ2) is 11.3. The molecule has 1 heterocycles. The molecule has 1 amide bonds. The van der Waals surface area contributed by atoms with Crippen molar-refractivity contribution in [2.45, 2.75) is 91.1 Å². The Morgan fingerprint density at radius 1 is 1.05 bits per heavy atom. The van der Waals surface area contributed by atoms with Crippen LogP contribution in [-0.4, -0.2) is 59.9 Å². The summed E-state index contributed by atoms with van der Waals surface area (Å²) in [7, 11) is 0.629.